The maximum Gasteiger partial charge on any atom is 0.306 e. The molecule has 0 aromatic carbocycles. The van der Waals surface area contributed by atoms with Crippen molar-refractivity contribution in [3.63, 3.8) is 0 Å². The average molecular weight is 946 g/mol. The van der Waals surface area contributed by atoms with E-state index in [1.165, 1.54) is 122 Å². The molecular formula is C63H108O5. The highest BCUT2D eigenvalue weighted by molar-refractivity contribution is 5.70. The fourth-order valence-corrected chi connectivity index (χ4v) is 7.80. The van der Waals surface area contributed by atoms with Gasteiger partial charge in [-0.3, -0.25) is 9.59 Å². The third kappa shape index (κ3) is 55.4. The summed E-state index contributed by atoms with van der Waals surface area (Å²) in [4.78, 5) is 25.5. The minimum atomic E-state index is -0.562. The predicted molar refractivity (Wildman–Crippen MR) is 297 cm³/mol. The van der Waals surface area contributed by atoms with E-state index in [0.717, 1.165) is 109 Å². The molecular weight excluding hydrogens is 837 g/mol. The number of rotatable bonds is 52. The van der Waals surface area contributed by atoms with Gasteiger partial charge in [-0.2, -0.15) is 0 Å². The molecule has 1 atom stereocenters. The molecule has 0 N–H and O–H groups in total. The quantitative estimate of drug-likeness (QED) is 0.0345. The van der Waals surface area contributed by atoms with Crippen molar-refractivity contribution in [3.8, 4) is 0 Å². The van der Waals surface area contributed by atoms with Crippen LogP contribution < -0.4 is 0 Å². The Kier molecular flexibility index (Phi) is 55.4. The van der Waals surface area contributed by atoms with Crippen LogP contribution in [0.2, 0.25) is 0 Å². The molecule has 0 bridgehead atoms. The molecule has 68 heavy (non-hydrogen) atoms. The zero-order valence-electron chi connectivity index (χ0n) is 44.8. The first-order valence-electron chi connectivity index (χ1n) is 28.8. The maximum atomic E-state index is 12.9. The second-order valence-electron chi connectivity index (χ2n) is 18.8. The minimum absolute atomic E-state index is 0.0610. The monoisotopic (exact) mass is 945 g/mol. The topological polar surface area (TPSA) is 61.8 Å². The van der Waals surface area contributed by atoms with E-state index in [1.807, 2.05) is 0 Å². The second-order valence-corrected chi connectivity index (χ2v) is 18.8. The van der Waals surface area contributed by atoms with Crippen LogP contribution in [0.1, 0.15) is 265 Å². The number of unbranched alkanes of at least 4 members (excludes halogenated alkanes) is 25. The average Bonchev–Trinajstić information content (AvgIpc) is 3.34. The smallest absolute Gasteiger partial charge is 0.306 e. The summed E-state index contributed by atoms with van der Waals surface area (Å²) in [5, 5.41) is 0. The Bertz CT molecular complexity index is 1300. The molecule has 0 aromatic heterocycles. The molecule has 0 saturated heterocycles. The van der Waals surface area contributed by atoms with E-state index >= 15 is 0 Å². The lowest BCUT2D eigenvalue weighted by atomic mass is 10.1. The number of carbonyl (C=O) groups is 2. The Morgan fingerprint density at radius 2 is 0.662 bits per heavy atom. The number of hydrogen-bond donors (Lipinski definition) is 0. The van der Waals surface area contributed by atoms with Gasteiger partial charge in [-0.15, -0.1) is 0 Å². The highest BCUT2D eigenvalue weighted by Crippen LogP contribution is 2.14. The molecule has 0 fully saturated rings. The Balaban J connectivity index is 4.35. The van der Waals surface area contributed by atoms with E-state index < -0.39 is 6.10 Å². The zero-order chi connectivity index (χ0) is 49.2. The van der Waals surface area contributed by atoms with Gasteiger partial charge in [-0.05, 0) is 122 Å². The first-order chi connectivity index (χ1) is 33.6. The zero-order valence-corrected chi connectivity index (χ0v) is 44.8. The molecule has 0 rings (SSSR count). The van der Waals surface area contributed by atoms with Gasteiger partial charge in [-0.1, -0.05) is 227 Å². The third-order valence-electron chi connectivity index (χ3n) is 12.1. The molecule has 0 heterocycles. The van der Waals surface area contributed by atoms with E-state index in [1.54, 1.807) is 0 Å². The Morgan fingerprint density at radius 1 is 0.338 bits per heavy atom. The highest BCUT2D eigenvalue weighted by Gasteiger charge is 2.17. The predicted octanol–water partition coefficient (Wildman–Crippen LogP) is 19.8. The summed E-state index contributed by atoms with van der Waals surface area (Å²) < 4.78 is 17.4. The van der Waals surface area contributed by atoms with Gasteiger partial charge in [0.05, 0.1) is 6.61 Å². The van der Waals surface area contributed by atoms with Gasteiger partial charge in [0.15, 0.2) is 6.10 Å². The lowest BCUT2D eigenvalue weighted by molar-refractivity contribution is -0.163. The maximum absolute atomic E-state index is 12.9. The lowest BCUT2D eigenvalue weighted by Gasteiger charge is -2.18. The van der Waals surface area contributed by atoms with Crippen LogP contribution in [0.4, 0.5) is 0 Å². The molecule has 0 radical (unpaired) electrons. The van der Waals surface area contributed by atoms with Gasteiger partial charge >= 0.3 is 11.9 Å². The van der Waals surface area contributed by atoms with E-state index in [2.05, 4.69) is 118 Å². The highest BCUT2D eigenvalue weighted by atomic mass is 16.6. The first kappa shape index (κ1) is 64.8. The van der Waals surface area contributed by atoms with E-state index in [0.29, 0.717) is 19.4 Å². The second kappa shape index (κ2) is 58.1. The van der Waals surface area contributed by atoms with Crippen LogP contribution >= 0.6 is 0 Å². The van der Waals surface area contributed by atoms with Gasteiger partial charge < -0.3 is 14.2 Å². The summed E-state index contributed by atoms with van der Waals surface area (Å²) in [5.74, 6) is -0.438. The fraction of sp³-hybridized carbons (Fsp3) is 0.714. The number of hydrogen-bond acceptors (Lipinski definition) is 5. The molecule has 5 nitrogen and oxygen atoms in total. The summed E-state index contributed by atoms with van der Waals surface area (Å²) in [7, 11) is 0. The lowest BCUT2D eigenvalue weighted by Crippen LogP contribution is -2.30. The van der Waals surface area contributed by atoms with Crippen molar-refractivity contribution in [2.24, 2.45) is 0 Å². The van der Waals surface area contributed by atoms with Crippen molar-refractivity contribution in [1.82, 2.24) is 0 Å². The van der Waals surface area contributed by atoms with Gasteiger partial charge in [0.1, 0.15) is 6.61 Å². The Morgan fingerprint density at radius 3 is 1.10 bits per heavy atom. The summed E-state index contributed by atoms with van der Waals surface area (Å²) in [5.41, 5.74) is 0. The summed E-state index contributed by atoms with van der Waals surface area (Å²) >= 11 is 0. The van der Waals surface area contributed by atoms with Crippen LogP contribution in [0, 0.1) is 0 Å². The minimum Gasteiger partial charge on any atom is -0.462 e. The van der Waals surface area contributed by atoms with Crippen molar-refractivity contribution in [1.29, 1.82) is 0 Å². The van der Waals surface area contributed by atoms with Crippen LogP contribution in [0.25, 0.3) is 0 Å². The van der Waals surface area contributed by atoms with E-state index in [-0.39, 0.29) is 25.2 Å². The molecule has 0 spiro atoms. The standard InChI is InChI=1S/C63H108O5/c1-4-7-10-13-16-19-22-25-28-30-31-32-34-37-40-43-46-49-52-55-58-66-59-61(68-63(65)57-54-51-48-45-42-39-35-27-24-21-18-15-12-9-6-3)60-67-62(64)56-53-50-47-44-41-38-36-33-29-26-23-20-17-14-11-8-5-2/h8,11,16-17,19-20,25-29,31-32,35-36,38,61H,4-7,9-10,12-15,18,21-24,30,33-34,37,39-60H2,1-3H3/b11-8-,19-16-,20-17-,28-25-,29-26-,32-31-,35-27-,38-36-. The van der Waals surface area contributed by atoms with Crippen LogP contribution in [-0.2, 0) is 23.8 Å². The number of ether oxygens (including phenoxy) is 3. The molecule has 1 unspecified atom stereocenters. The van der Waals surface area contributed by atoms with Gasteiger partial charge in [0.25, 0.3) is 0 Å². The molecule has 0 amide bonds. The van der Waals surface area contributed by atoms with Crippen molar-refractivity contribution in [3.05, 3.63) is 97.2 Å². The number of allylic oxidation sites excluding steroid dienone is 16. The molecule has 0 aliphatic carbocycles. The summed E-state index contributed by atoms with van der Waals surface area (Å²) in [6.07, 6.45) is 78.5. The van der Waals surface area contributed by atoms with Crippen molar-refractivity contribution in [2.45, 2.75) is 271 Å². The molecule has 0 aromatic rings. The molecule has 0 aliphatic rings. The van der Waals surface area contributed by atoms with E-state index in [9.17, 15) is 9.59 Å². The Hall–Kier alpha value is -3.18. The van der Waals surface area contributed by atoms with Crippen LogP contribution in [0.15, 0.2) is 97.2 Å². The number of esters is 2. The number of carbonyl (C=O) groups excluding carboxylic acids is 2. The van der Waals surface area contributed by atoms with Crippen molar-refractivity contribution >= 4 is 11.9 Å². The fourth-order valence-electron chi connectivity index (χ4n) is 7.80. The van der Waals surface area contributed by atoms with Crippen LogP contribution in [-0.4, -0.2) is 37.9 Å². The normalized spacial score (nSPS) is 12.9. The molecule has 0 saturated carbocycles. The van der Waals surface area contributed by atoms with Crippen molar-refractivity contribution in [2.75, 3.05) is 19.8 Å². The largest absolute Gasteiger partial charge is 0.462 e. The molecule has 390 valence electrons. The third-order valence-corrected chi connectivity index (χ3v) is 12.1. The van der Waals surface area contributed by atoms with Gasteiger partial charge in [-0.25, -0.2) is 0 Å². The van der Waals surface area contributed by atoms with Crippen molar-refractivity contribution < 1.29 is 23.8 Å². The SMILES string of the molecule is CC/C=C\C/C=C\C/C=C\C/C=C\CCCCCCC(=O)OCC(COCCCCCCCCC/C=C\C/C=C\C/C=C\CCCCC)OC(=O)CCCCCCC/C=C\CCCCCCCC. The van der Waals surface area contributed by atoms with Crippen LogP contribution in [0.3, 0.4) is 0 Å². The Labute approximate surface area is 422 Å². The summed E-state index contributed by atoms with van der Waals surface area (Å²) in [6.45, 7) is 7.64. The molecule has 0 aliphatic heterocycles. The molecule has 5 heteroatoms. The van der Waals surface area contributed by atoms with Gasteiger partial charge in [0, 0.05) is 19.4 Å². The van der Waals surface area contributed by atoms with Gasteiger partial charge in [0.2, 0.25) is 0 Å². The first-order valence-corrected chi connectivity index (χ1v) is 28.8. The van der Waals surface area contributed by atoms with E-state index in [4.69, 9.17) is 14.2 Å². The van der Waals surface area contributed by atoms with Crippen LogP contribution in [0.5, 0.6) is 0 Å². The summed E-state index contributed by atoms with van der Waals surface area (Å²) in [6, 6.07) is 0.